The van der Waals surface area contributed by atoms with E-state index in [1.165, 1.54) is 18.5 Å². The number of nitrogen functional groups attached to an aromatic ring is 1. The van der Waals surface area contributed by atoms with Crippen LogP contribution in [0.15, 0.2) is 49.1 Å². The molecule has 26 heavy (non-hydrogen) atoms. The third kappa shape index (κ3) is 3.02. The summed E-state index contributed by atoms with van der Waals surface area (Å²) in [4.78, 5) is 12.8. The number of benzene rings is 1. The SMILES string of the molecule is Nc1nn2cccnc2c1-c1cc(NCc2ccc(F)cc2Cl)ncn1. The van der Waals surface area contributed by atoms with E-state index in [4.69, 9.17) is 17.3 Å². The number of anilines is 2. The van der Waals surface area contributed by atoms with E-state index in [1.54, 1.807) is 35.1 Å². The first-order chi connectivity index (χ1) is 12.6. The Morgan fingerprint density at radius 2 is 2.08 bits per heavy atom. The fourth-order valence-corrected chi connectivity index (χ4v) is 2.83. The highest BCUT2D eigenvalue weighted by molar-refractivity contribution is 6.31. The molecule has 0 atom stereocenters. The topological polar surface area (TPSA) is 94.0 Å². The van der Waals surface area contributed by atoms with Gasteiger partial charge in [0.05, 0.1) is 11.3 Å². The van der Waals surface area contributed by atoms with Crippen molar-refractivity contribution in [2.45, 2.75) is 6.54 Å². The molecule has 0 saturated heterocycles. The lowest BCUT2D eigenvalue weighted by Gasteiger charge is -2.08. The lowest BCUT2D eigenvalue weighted by atomic mass is 10.2. The lowest BCUT2D eigenvalue weighted by Crippen LogP contribution is -2.03. The molecular formula is C17H13ClFN7. The highest BCUT2D eigenvalue weighted by atomic mass is 35.5. The first kappa shape index (κ1) is 16.2. The van der Waals surface area contributed by atoms with Crippen molar-refractivity contribution in [3.05, 3.63) is 65.5 Å². The summed E-state index contributed by atoms with van der Waals surface area (Å²) < 4.78 is 14.7. The van der Waals surface area contributed by atoms with E-state index in [0.29, 0.717) is 40.1 Å². The molecule has 7 nitrogen and oxygen atoms in total. The van der Waals surface area contributed by atoms with Crippen LogP contribution in [0.25, 0.3) is 16.9 Å². The minimum absolute atomic E-state index is 0.329. The van der Waals surface area contributed by atoms with Crippen LogP contribution in [-0.2, 0) is 6.54 Å². The maximum atomic E-state index is 13.1. The summed E-state index contributed by atoms with van der Waals surface area (Å²) in [6.07, 6.45) is 4.85. The molecule has 4 rings (SSSR count). The number of aromatic nitrogens is 5. The maximum Gasteiger partial charge on any atom is 0.166 e. The van der Waals surface area contributed by atoms with E-state index < -0.39 is 0 Å². The number of nitrogens with two attached hydrogens (primary N) is 1. The molecule has 3 aromatic heterocycles. The van der Waals surface area contributed by atoms with Crippen molar-refractivity contribution < 1.29 is 4.39 Å². The molecule has 3 N–H and O–H groups in total. The third-order valence-electron chi connectivity index (χ3n) is 3.82. The Morgan fingerprint density at radius 1 is 1.19 bits per heavy atom. The highest BCUT2D eigenvalue weighted by Gasteiger charge is 2.15. The van der Waals surface area contributed by atoms with Crippen LogP contribution in [0.2, 0.25) is 5.02 Å². The Morgan fingerprint density at radius 3 is 2.92 bits per heavy atom. The van der Waals surface area contributed by atoms with Crippen LogP contribution in [0.3, 0.4) is 0 Å². The Balaban J connectivity index is 1.63. The van der Waals surface area contributed by atoms with Crippen LogP contribution in [-0.4, -0.2) is 24.6 Å². The summed E-state index contributed by atoms with van der Waals surface area (Å²) in [5, 5.41) is 7.73. The van der Waals surface area contributed by atoms with Gasteiger partial charge >= 0.3 is 0 Å². The molecule has 0 amide bonds. The quantitative estimate of drug-likeness (QED) is 0.573. The van der Waals surface area contributed by atoms with E-state index in [1.807, 2.05) is 0 Å². The van der Waals surface area contributed by atoms with Crippen LogP contribution < -0.4 is 11.1 Å². The average Bonchev–Trinajstić information content (AvgIpc) is 2.97. The molecule has 0 saturated carbocycles. The Bertz CT molecular complexity index is 1100. The van der Waals surface area contributed by atoms with Gasteiger partial charge in [0.15, 0.2) is 11.5 Å². The van der Waals surface area contributed by atoms with Gasteiger partial charge in [-0.2, -0.15) is 0 Å². The van der Waals surface area contributed by atoms with Gasteiger partial charge in [-0.1, -0.05) is 17.7 Å². The molecule has 1 aromatic carbocycles. The average molecular weight is 370 g/mol. The summed E-state index contributed by atoms with van der Waals surface area (Å²) in [5.74, 6) is 0.527. The predicted molar refractivity (Wildman–Crippen MR) is 97.2 cm³/mol. The van der Waals surface area contributed by atoms with Gasteiger partial charge < -0.3 is 11.1 Å². The Hall–Kier alpha value is -3.26. The third-order valence-corrected chi connectivity index (χ3v) is 4.17. The Labute approximate surface area is 152 Å². The number of nitrogens with one attached hydrogen (secondary N) is 1. The van der Waals surface area contributed by atoms with Gasteiger partial charge in [-0.25, -0.2) is 23.9 Å². The molecule has 4 aromatic rings. The van der Waals surface area contributed by atoms with Gasteiger partial charge in [0, 0.05) is 30.0 Å². The summed E-state index contributed by atoms with van der Waals surface area (Å²) >= 11 is 6.05. The van der Waals surface area contributed by atoms with Crippen molar-refractivity contribution in [3.63, 3.8) is 0 Å². The van der Waals surface area contributed by atoms with Crippen LogP contribution in [0.4, 0.5) is 16.0 Å². The summed E-state index contributed by atoms with van der Waals surface area (Å²) in [5.41, 5.74) is 8.62. The van der Waals surface area contributed by atoms with Gasteiger partial charge in [-0.3, -0.25) is 0 Å². The molecule has 3 heterocycles. The number of hydrogen-bond acceptors (Lipinski definition) is 6. The fraction of sp³-hybridized carbons (Fsp3) is 0.0588. The number of hydrogen-bond donors (Lipinski definition) is 2. The smallest absolute Gasteiger partial charge is 0.166 e. The van der Waals surface area contributed by atoms with Crippen molar-refractivity contribution in [2.24, 2.45) is 0 Å². The van der Waals surface area contributed by atoms with Gasteiger partial charge in [-0.15, -0.1) is 5.10 Å². The second kappa shape index (κ2) is 6.57. The predicted octanol–water partition coefficient (Wildman–Crippen LogP) is 3.17. The zero-order valence-corrected chi connectivity index (χ0v) is 14.2. The van der Waals surface area contributed by atoms with Gasteiger partial charge in [0.25, 0.3) is 0 Å². The van der Waals surface area contributed by atoms with Crippen LogP contribution in [0.5, 0.6) is 0 Å². The number of nitrogens with zero attached hydrogens (tertiary/aromatic N) is 5. The zero-order chi connectivity index (χ0) is 18.1. The molecule has 0 spiro atoms. The number of fused-ring (bicyclic) bond motifs is 1. The molecule has 0 bridgehead atoms. The second-order valence-corrected chi connectivity index (χ2v) is 5.93. The van der Waals surface area contributed by atoms with Crippen molar-refractivity contribution in [2.75, 3.05) is 11.1 Å². The molecular weight excluding hydrogens is 357 g/mol. The van der Waals surface area contributed by atoms with Crippen molar-refractivity contribution in [1.29, 1.82) is 0 Å². The van der Waals surface area contributed by atoms with Crippen molar-refractivity contribution in [1.82, 2.24) is 24.6 Å². The standard InChI is InChI=1S/C17H13ClFN7/c18-12-6-11(19)3-2-10(12)8-22-14-7-13(23-9-24-14)15-16(20)25-26-5-1-4-21-17(15)26/h1-7,9H,8H2,(H2,20,25)(H,22,23,24). The van der Waals surface area contributed by atoms with Crippen molar-refractivity contribution >= 4 is 28.9 Å². The van der Waals surface area contributed by atoms with Gasteiger partial charge in [-0.05, 0) is 23.8 Å². The summed E-state index contributed by atoms with van der Waals surface area (Å²) in [6.45, 7) is 0.387. The Kier molecular flexibility index (Phi) is 4.10. The van der Waals surface area contributed by atoms with E-state index in [2.05, 4.69) is 25.4 Å². The lowest BCUT2D eigenvalue weighted by molar-refractivity contribution is 0.627. The second-order valence-electron chi connectivity index (χ2n) is 5.53. The first-order valence-electron chi connectivity index (χ1n) is 7.71. The van der Waals surface area contributed by atoms with Crippen molar-refractivity contribution in [3.8, 4) is 11.3 Å². The minimum Gasteiger partial charge on any atom is -0.382 e. The summed E-state index contributed by atoms with van der Waals surface area (Å²) in [7, 11) is 0. The maximum absolute atomic E-state index is 13.1. The molecule has 0 unspecified atom stereocenters. The zero-order valence-electron chi connectivity index (χ0n) is 13.4. The molecule has 0 aliphatic heterocycles. The van der Waals surface area contributed by atoms with E-state index in [-0.39, 0.29) is 5.82 Å². The number of rotatable bonds is 4. The van der Waals surface area contributed by atoms with Gasteiger partial charge in [0.1, 0.15) is 18.0 Å². The molecule has 0 radical (unpaired) electrons. The molecule has 0 aliphatic rings. The molecule has 0 aliphatic carbocycles. The minimum atomic E-state index is -0.376. The highest BCUT2D eigenvalue weighted by Crippen LogP contribution is 2.28. The van der Waals surface area contributed by atoms with E-state index in [9.17, 15) is 4.39 Å². The van der Waals surface area contributed by atoms with Crippen LogP contribution in [0, 0.1) is 5.82 Å². The largest absolute Gasteiger partial charge is 0.382 e. The monoisotopic (exact) mass is 369 g/mol. The molecule has 9 heteroatoms. The summed E-state index contributed by atoms with van der Waals surface area (Å²) in [6, 6.07) is 7.77. The fourth-order valence-electron chi connectivity index (χ4n) is 2.59. The van der Waals surface area contributed by atoms with Crippen LogP contribution >= 0.6 is 11.6 Å². The molecule has 0 fully saturated rings. The molecule has 130 valence electrons. The van der Waals surface area contributed by atoms with Crippen LogP contribution in [0.1, 0.15) is 5.56 Å². The van der Waals surface area contributed by atoms with Gasteiger partial charge in [0.2, 0.25) is 0 Å². The van der Waals surface area contributed by atoms with E-state index in [0.717, 1.165) is 5.56 Å². The van der Waals surface area contributed by atoms with E-state index >= 15 is 0 Å². The number of halogens is 2. The first-order valence-corrected chi connectivity index (χ1v) is 8.08. The normalized spacial score (nSPS) is 11.0.